The normalized spacial score (nSPS) is 15.0. The van der Waals surface area contributed by atoms with Crippen molar-refractivity contribution in [3.8, 4) is 22.4 Å². The molecule has 2 nitrogen and oxygen atoms in total. The van der Waals surface area contributed by atoms with Crippen molar-refractivity contribution in [2.75, 3.05) is 13.1 Å². The van der Waals surface area contributed by atoms with Gasteiger partial charge in [0.2, 0.25) is 0 Å². The van der Waals surface area contributed by atoms with Crippen molar-refractivity contribution in [3.63, 3.8) is 0 Å². The lowest BCUT2D eigenvalue weighted by Gasteiger charge is -2.26. The third-order valence-electron chi connectivity index (χ3n) is 5.13. The highest BCUT2D eigenvalue weighted by atomic mass is 35.5. The topological polar surface area (TPSA) is 16.1 Å². The van der Waals surface area contributed by atoms with Crippen molar-refractivity contribution < 1.29 is 0 Å². The largest absolute Gasteiger partial charge is 0.298 e. The Bertz CT molecular complexity index is 964. The van der Waals surface area contributed by atoms with Crippen LogP contribution in [-0.2, 0) is 6.54 Å². The van der Waals surface area contributed by atoms with Gasteiger partial charge in [-0.15, -0.1) is 0 Å². The van der Waals surface area contributed by atoms with E-state index in [0.29, 0.717) is 15.1 Å². The highest BCUT2D eigenvalue weighted by Crippen LogP contribution is 2.36. The van der Waals surface area contributed by atoms with Gasteiger partial charge in [-0.3, -0.25) is 9.88 Å². The van der Waals surface area contributed by atoms with E-state index in [4.69, 9.17) is 39.8 Å². The van der Waals surface area contributed by atoms with E-state index in [2.05, 4.69) is 17.0 Å². The van der Waals surface area contributed by atoms with Gasteiger partial charge in [0.25, 0.3) is 0 Å². The predicted molar refractivity (Wildman–Crippen MR) is 119 cm³/mol. The van der Waals surface area contributed by atoms with Gasteiger partial charge in [0.15, 0.2) is 0 Å². The first-order valence-electron chi connectivity index (χ1n) is 9.54. The van der Waals surface area contributed by atoms with E-state index in [0.717, 1.165) is 47.7 Å². The first kappa shape index (κ1) is 19.7. The predicted octanol–water partition coefficient (Wildman–Crippen LogP) is 7.36. The first-order chi connectivity index (χ1) is 13.6. The summed E-state index contributed by atoms with van der Waals surface area (Å²) in [6.07, 6.45) is 3.85. The highest BCUT2D eigenvalue weighted by Gasteiger charge is 2.16. The molecule has 0 aliphatic carbocycles. The van der Waals surface area contributed by atoms with Crippen LogP contribution in [0.1, 0.15) is 25.0 Å². The lowest BCUT2D eigenvalue weighted by Crippen LogP contribution is -2.29. The average Bonchev–Trinajstić information content (AvgIpc) is 2.70. The van der Waals surface area contributed by atoms with Crippen LogP contribution in [0, 0.1) is 0 Å². The lowest BCUT2D eigenvalue weighted by atomic mass is 9.98. The van der Waals surface area contributed by atoms with Crippen LogP contribution in [0.5, 0.6) is 0 Å². The summed E-state index contributed by atoms with van der Waals surface area (Å²) in [5.74, 6) is 0. The van der Waals surface area contributed by atoms with E-state index < -0.39 is 0 Å². The molecule has 0 bridgehead atoms. The Morgan fingerprint density at radius 2 is 1.43 bits per heavy atom. The second-order valence-electron chi connectivity index (χ2n) is 7.17. The van der Waals surface area contributed by atoms with Gasteiger partial charge >= 0.3 is 0 Å². The molecular weight excluding hydrogens is 411 g/mol. The summed E-state index contributed by atoms with van der Waals surface area (Å²) in [6, 6.07) is 17.6. The number of hydrogen-bond donors (Lipinski definition) is 0. The summed E-state index contributed by atoms with van der Waals surface area (Å²) in [5.41, 5.74) is 4.90. The minimum atomic E-state index is 0.602. The van der Waals surface area contributed by atoms with E-state index >= 15 is 0 Å². The fourth-order valence-electron chi connectivity index (χ4n) is 3.68. The number of rotatable bonds is 4. The molecule has 0 atom stereocenters. The van der Waals surface area contributed by atoms with Crippen LogP contribution < -0.4 is 0 Å². The van der Waals surface area contributed by atoms with Crippen molar-refractivity contribution in [1.29, 1.82) is 0 Å². The molecule has 0 unspecified atom stereocenters. The molecule has 1 fully saturated rings. The molecule has 4 rings (SSSR count). The molecule has 0 saturated carbocycles. The third kappa shape index (κ3) is 4.52. The van der Waals surface area contributed by atoms with Gasteiger partial charge in [-0.1, -0.05) is 59.4 Å². The summed E-state index contributed by atoms with van der Waals surface area (Å²) >= 11 is 18.7. The second-order valence-corrected chi connectivity index (χ2v) is 8.45. The Kier molecular flexibility index (Phi) is 6.22. The summed E-state index contributed by atoms with van der Waals surface area (Å²) in [7, 11) is 0. The maximum Gasteiger partial charge on any atom is 0.0799 e. The number of benzene rings is 2. The third-order valence-corrected chi connectivity index (χ3v) is 5.93. The molecule has 1 saturated heterocycles. The van der Waals surface area contributed by atoms with Gasteiger partial charge in [-0.25, -0.2) is 0 Å². The number of hydrogen-bond acceptors (Lipinski definition) is 2. The van der Waals surface area contributed by atoms with Crippen LogP contribution in [0.2, 0.25) is 15.1 Å². The molecular formula is C23H21Cl3N2. The number of nitrogens with zero attached hydrogens (tertiary/aromatic N) is 2. The first-order valence-corrected chi connectivity index (χ1v) is 10.7. The molecule has 0 spiro atoms. The maximum absolute atomic E-state index is 6.54. The fraction of sp³-hybridized carbons (Fsp3) is 0.261. The number of likely N-dealkylation sites (tertiary alicyclic amines) is 1. The summed E-state index contributed by atoms with van der Waals surface area (Å²) < 4.78 is 0. The Hall–Kier alpha value is -1.58. The van der Waals surface area contributed by atoms with E-state index in [9.17, 15) is 0 Å². The molecule has 144 valence electrons. The zero-order valence-electron chi connectivity index (χ0n) is 15.5. The van der Waals surface area contributed by atoms with Gasteiger partial charge in [-0.2, -0.15) is 0 Å². The van der Waals surface area contributed by atoms with Crippen molar-refractivity contribution in [2.45, 2.75) is 25.8 Å². The molecule has 2 aromatic carbocycles. The summed E-state index contributed by atoms with van der Waals surface area (Å²) in [6.45, 7) is 3.13. The SMILES string of the molecule is Clc1ccc(-c2ccc(CN3CCCCC3)nc2-c2ccc(Cl)cc2Cl)cc1. The van der Waals surface area contributed by atoms with Gasteiger partial charge in [0, 0.05) is 27.7 Å². The molecule has 1 aromatic heterocycles. The lowest BCUT2D eigenvalue weighted by molar-refractivity contribution is 0.218. The minimum absolute atomic E-state index is 0.602. The molecule has 2 heterocycles. The Labute approximate surface area is 181 Å². The second kappa shape index (κ2) is 8.84. The molecule has 0 N–H and O–H groups in total. The number of pyridine rings is 1. The minimum Gasteiger partial charge on any atom is -0.298 e. The smallest absolute Gasteiger partial charge is 0.0799 e. The van der Waals surface area contributed by atoms with Crippen LogP contribution in [-0.4, -0.2) is 23.0 Å². The highest BCUT2D eigenvalue weighted by molar-refractivity contribution is 6.36. The molecule has 1 aliphatic heterocycles. The van der Waals surface area contributed by atoms with Crippen LogP contribution in [0.4, 0.5) is 0 Å². The Morgan fingerprint density at radius 1 is 0.750 bits per heavy atom. The summed E-state index contributed by atoms with van der Waals surface area (Å²) in [4.78, 5) is 7.50. The van der Waals surface area contributed by atoms with Crippen LogP contribution in [0.15, 0.2) is 54.6 Å². The van der Waals surface area contributed by atoms with Crippen LogP contribution in [0.3, 0.4) is 0 Å². The van der Waals surface area contributed by atoms with Crippen molar-refractivity contribution in [2.24, 2.45) is 0 Å². The standard InChI is InChI=1S/C23H21Cl3N2/c24-17-6-4-16(5-7-17)20-11-9-19(15-28-12-2-1-3-13-28)27-23(20)21-10-8-18(25)14-22(21)26/h4-11,14H,1-3,12-13,15H2. The molecule has 0 radical (unpaired) electrons. The van der Waals surface area contributed by atoms with Crippen LogP contribution >= 0.6 is 34.8 Å². The summed E-state index contributed by atoms with van der Waals surface area (Å²) in [5, 5.41) is 1.93. The molecule has 3 aromatic rings. The van der Waals surface area contributed by atoms with Gasteiger partial charge in [0.1, 0.15) is 0 Å². The van der Waals surface area contributed by atoms with Gasteiger partial charge < -0.3 is 0 Å². The van der Waals surface area contributed by atoms with Gasteiger partial charge in [0.05, 0.1) is 16.4 Å². The molecule has 1 aliphatic rings. The van der Waals surface area contributed by atoms with E-state index in [1.54, 1.807) is 6.07 Å². The van der Waals surface area contributed by atoms with Gasteiger partial charge in [-0.05, 0) is 67.9 Å². The van der Waals surface area contributed by atoms with Crippen molar-refractivity contribution in [3.05, 3.63) is 75.4 Å². The number of aromatic nitrogens is 1. The van der Waals surface area contributed by atoms with E-state index in [-0.39, 0.29) is 0 Å². The Morgan fingerprint density at radius 3 is 2.14 bits per heavy atom. The zero-order valence-corrected chi connectivity index (χ0v) is 17.7. The molecule has 0 amide bonds. The Balaban J connectivity index is 1.77. The number of halogens is 3. The van der Waals surface area contributed by atoms with E-state index in [1.807, 2.05) is 36.4 Å². The monoisotopic (exact) mass is 430 g/mol. The molecule has 28 heavy (non-hydrogen) atoms. The van der Waals surface area contributed by atoms with Crippen molar-refractivity contribution in [1.82, 2.24) is 9.88 Å². The fourth-order valence-corrected chi connectivity index (χ4v) is 4.31. The molecule has 5 heteroatoms. The quantitative estimate of drug-likeness (QED) is 0.429. The van der Waals surface area contributed by atoms with Crippen LogP contribution in [0.25, 0.3) is 22.4 Å². The van der Waals surface area contributed by atoms with Crippen molar-refractivity contribution >= 4 is 34.8 Å². The zero-order chi connectivity index (χ0) is 19.5. The maximum atomic E-state index is 6.54. The van der Waals surface area contributed by atoms with E-state index in [1.165, 1.54) is 19.3 Å². The number of piperidine rings is 1. The average molecular weight is 432 g/mol.